The average molecular weight is 324 g/mol. The minimum atomic E-state index is -0.133. The number of rotatable bonds is 4. The van der Waals surface area contributed by atoms with Gasteiger partial charge in [0.25, 0.3) is 0 Å². The molecule has 4 fully saturated rings. The Balaban J connectivity index is 1.58. The van der Waals surface area contributed by atoms with Crippen molar-refractivity contribution in [3.05, 3.63) is 0 Å². The standard InChI is InChI=1S/C17H29N3OS/c1-20(2)6-5-18-16(22)19-15(21)17-4-3-12-7-13(10-17)9-14(8-12)11-17/h12-14H,3-11H2,1-2H3,(H2,18,19,21,22). The highest BCUT2D eigenvalue weighted by Gasteiger charge is 2.51. The number of amides is 1. The number of thiocarbonyl (C=S) groups is 1. The van der Waals surface area contributed by atoms with E-state index < -0.39 is 0 Å². The summed E-state index contributed by atoms with van der Waals surface area (Å²) in [5.74, 6) is 2.63. The average Bonchev–Trinajstić information content (AvgIpc) is 2.63. The molecule has 4 nitrogen and oxygen atoms in total. The van der Waals surface area contributed by atoms with Crippen LogP contribution in [-0.2, 0) is 4.79 Å². The largest absolute Gasteiger partial charge is 0.361 e. The zero-order valence-electron chi connectivity index (χ0n) is 13.9. The zero-order valence-corrected chi connectivity index (χ0v) is 14.7. The zero-order chi connectivity index (χ0) is 15.7. The summed E-state index contributed by atoms with van der Waals surface area (Å²) in [6.45, 7) is 1.68. The molecule has 2 unspecified atom stereocenters. The van der Waals surface area contributed by atoms with Gasteiger partial charge in [0, 0.05) is 13.1 Å². The van der Waals surface area contributed by atoms with Crippen LogP contribution in [0.4, 0.5) is 0 Å². The van der Waals surface area contributed by atoms with E-state index in [1.807, 2.05) is 14.1 Å². The number of hydrogen-bond acceptors (Lipinski definition) is 3. The highest BCUT2D eigenvalue weighted by Crippen LogP contribution is 2.57. The molecule has 4 bridgehead atoms. The Morgan fingerprint density at radius 3 is 2.45 bits per heavy atom. The van der Waals surface area contributed by atoms with Gasteiger partial charge in [0.05, 0.1) is 5.41 Å². The summed E-state index contributed by atoms with van der Waals surface area (Å²) in [4.78, 5) is 15.0. The van der Waals surface area contributed by atoms with Gasteiger partial charge in [-0.05, 0) is 89.0 Å². The second-order valence-electron chi connectivity index (χ2n) is 8.05. The highest BCUT2D eigenvalue weighted by molar-refractivity contribution is 7.80. The molecule has 0 spiro atoms. The second kappa shape index (κ2) is 6.44. The second-order valence-corrected chi connectivity index (χ2v) is 8.45. The maximum Gasteiger partial charge on any atom is 0.232 e. The molecule has 4 rings (SSSR count). The number of hydrogen-bond donors (Lipinski definition) is 2. The van der Waals surface area contributed by atoms with Crippen molar-refractivity contribution in [2.24, 2.45) is 23.2 Å². The number of carbonyl (C=O) groups excluding carboxylic acids is 1. The Kier molecular flexibility index (Phi) is 4.74. The van der Waals surface area contributed by atoms with Crippen LogP contribution in [0.25, 0.3) is 0 Å². The number of fused-ring (bicyclic) bond motifs is 1. The molecular formula is C17H29N3OS. The van der Waals surface area contributed by atoms with Gasteiger partial charge in [-0.25, -0.2) is 0 Å². The van der Waals surface area contributed by atoms with Gasteiger partial charge in [-0.2, -0.15) is 0 Å². The first-order chi connectivity index (χ1) is 10.5. The van der Waals surface area contributed by atoms with Crippen LogP contribution in [0.2, 0.25) is 0 Å². The van der Waals surface area contributed by atoms with E-state index in [9.17, 15) is 4.79 Å². The lowest BCUT2D eigenvalue weighted by atomic mass is 9.61. The summed E-state index contributed by atoms with van der Waals surface area (Å²) in [6.07, 6.45) is 8.56. The Labute approximate surface area is 139 Å². The first-order valence-corrected chi connectivity index (χ1v) is 9.12. The topological polar surface area (TPSA) is 44.4 Å². The van der Waals surface area contributed by atoms with Crippen LogP contribution < -0.4 is 10.6 Å². The maximum absolute atomic E-state index is 12.9. The smallest absolute Gasteiger partial charge is 0.232 e. The highest BCUT2D eigenvalue weighted by atomic mass is 32.1. The minimum absolute atomic E-state index is 0.133. The molecule has 4 saturated carbocycles. The molecule has 0 aromatic rings. The van der Waals surface area contributed by atoms with E-state index in [1.165, 1.54) is 25.7 Å². The van der Waals surface area contributed by atoms with E-state index in [-0.39, 0.29) is 11.3 Å². The fourth-order valence-electron chi connectivity index (χ4n) is 5.12. The summed E-state index contributed by atoms with van der Waals surface area (Å²) in [6, 6.07) is 0. The van der Waals surface area contributed by atoms with Crippen molar-refractivity contribution >= 4 is 23.2 Å². The van der Waals surface area contributed by atoms with Crippen molar-refractivity contribution in [1.82, 2.24) is 15.5 Å². The van der Waals surface area contributed by atoms with E-state index in [0.29, 0.717) is 5.11 Å². The Morgan fingerprint density at radius 1 is 1.18 bits per heavy atom. The first kappa shape index (κ1) is 16.2. The summed E-state index contributed by atoms with van der Waals surface area (Å²) in [7, 11) is 4.06. The molecule has 0 aromatic carbocycles. The van der Waals surface area contributed by atoms with Gasteiger partial charge in [-0.1, -0.05) is 0 Å². The van der Waals surface area contributed by atoms with E-state index >= 15 is 0 Å². The van der Waals surface area contributed by atoms with E-state index in [4.69, 9.17) is 12.2 Å². The van der Waals surface area contributed by atoms with Crippen LogP contribution in [-0.4, -0.2) is 43.1 Å². The Hall–Kier alpha value is -0.680. The molecule has 124 valence electrons. The van der Waals surface area contributed by atoms with Gasteiger partial charge in [0.1, 0.15) is 0 Å². The van der Waals surface area contributed by atoms with E-state index in [2.05, 4.69) is 15.5 Å². The number of nitrogens with zero attached hydrogens (tertiary/aromatic N) is 1. The van der Waals surface area contributed by atoms with Crippen LogP contribution in [0.3, 0.4) is 0 Å². The molecule has 1 amide bonds. The lowest BCUT2D eigenvalue weighted by Crippen LogP contribution is -2.50. The monoisotopic (exact) mass is 323 g/mol. The molecule has 4 aliphatic carbocycles. The van der Waals surface area contributed by atoms with Crippen molar-refractivity contribution < 1.29 is 4.79 Å². The molecule has 2 atom stereocenters. The molecule has 0 aliphatic heterocycles. The number of carbonyl (C=O) groups is 1. The Morgan fingerprint density at radius 2 is 1.82 bits per heavy atom. The fourth-order valence-corrected chi connectivity index (χ4v) is 5.31. The fraction of sp³-hybridized carbons (Fsp3) is 0.882. The predicted octanol–water partition coefficient (Wildman–Crippen LogP) is 2.15. The number of nitrogens with one attached hydrogen (secondary N) is 2. The van der Waals surface area contributed by atoms with Crippen LogP contribution in [0.1, 0.15) is 44.9 Å². The Bertz CT molecular complexity index is 437. The van der Waals surface area contributed by atoms with Crippen molar-refractivity contribution in [3.63, 3.8) is 0 Å². The molecule has 4 aliphatic rings. The van der Waals surface area contributed by atoms with E-state index in [0.717, 1.165) is 50.1 Å². The maximum atomic E-state index is 12.9. The molecule has 5 heteroatoms. The molecule has 0 aromatic heterocycles. The summed E-state index contributed by atoms with van der Waals surface area (Å²) in [5.41, 5.74) is -0.133. The van der Waals surface area contributed by atoms with Crippen molar-refractivity contribution in [3.8, 4) is 0 Å². The quantitative estimate of drug-likeness (QED) is 0.778. The molecule has 0 saturated heterocycles. The van der Waals surface area contributed by atoms with Gasteiger partial charge in [-0.3, -0.25) is 4.79 Å². The molecular weight excluding hydrogens is 294 g/mol. The van der Waals surface area contributed by atoms with Crippen molar-refractivity contribution in [1.29, 1.82) is 0 Å². The first-order valence-electron chi connectivity index (χ1n) is 8.71. The molecule has 0 radical (unpaired) electrons. The third kappa shape index (κ3) is 3.46. The predicted molar refractivity (Wildman–Crippen MR) is 92.5 cm³/mol. The summed E-state index contributed by atoms with van der Waals surface area (Å²) in [5, 5.41) is 6.65. The third-order valence-electron chi connectivity index (χ3n) is 5.94. The number of likely N-dealkylation sites (N-methyl/N-ethyl adjacent to an activating group) is 1. The normalized spacial score (nSPS) is 36.2. The summed E-state index contributed by atoms with van der Waals surface area (Å²) >= 11 is 5.31. The van der Waals surface area contributed by atoms with Crippen LogP contribution in [0.15, 0.2) is 0 Å². The molecule has 0 heterocycles. The van der Waals surface area contributed by atoms with Crippen molar-refractivity contribution in [2.45, 2.75) is 44.9 Å². The van der Waals surface area contributed by atoms with Crippen LogP contribution in [0, 0.1) is 23.2 Å². The van der Waals surface area contributed by atoms with Gasteiger partial charge < -0.3 is 15.5 Å². The van der Waals surface area contributed by atoms with E-state index in [1.54, 1.807) is 0 Å². The lowest BCUT2D eigenvalue weighted by molar-refractivity contribution is -0.134. The van der Waals surface area contributed by atoms with Crippen LogP contribution in [0.5, 0.6) is 0 Å². The van der Waals surface area contributed by atoms with Gasteiger partial charge in [0.2, 0.25) is 5.91 Å². The lowest BCUT2D eigenvalue weighted by Gasteiger charge is -2.44. The van der Waals surface area contributed by atoms with Gasteiger partial charge >= 0.3 is 0 Å². The van der Waals surface area contributed by atoms with Gasteiger partial charge in [0.15, 0.2) is 5.11 Å². The molecule has 22 heavy (non-hydrogen) atoms. The third-order valence-corrected chi connectivity index (χ3v) is 6.19. The SMILES string of the molecule is CN(C)CCNC(=S)NC(=O)C12CCC3CC(CC(C3)C1)C2. The molecule has 2 N–H and O–H groups in total. The van der Waals surface area contributed by atoms with Crippen LogP contribution >= 0.6 is 12.2 Å². The minimum Gasteiger partial charge on any atom is -0.361 e. The summed E-state index contributed by atoms with van der Waals surface area (Å²) < 4.78 is 0. The van der Waals surface area contributed by atoms with Crippen molar-refractivity contribution in [2.75, 3.05) is 27.2 Å². The van der Waals surface area contributed by atoms with Gasteiger partial charge in [-0.15, -0.1) is 0 Å².